The quantitative estimate of drug-likeness (QED) is 0.612. The Morgan fingerprint density at radius 1 is 1.61 bits per heavy atom. The summed E-state index contributed by atoms with van der Waals surface area (Å²) in [5.41, 5.74) is 6.29. The van der Waals surface area contributed by atoms with Crippen molar-refractivity contribution in [3.8, 4) is 6.07 Å². The van der Waals surface area contributed by atoms with E-state index in [0.717, 1.165) is 0 Å². The normalized spacial score (nSPS) is 9.39. The minimum absolute atomic E-state index is 0.107. The maximum absolute atomic E-state index is 10.5. The van der Waals surface area contributed by atoms with E-state index in [-0.39, 0.29) is 16.9 Å². The van der Waals surface area contributed by atoms with E-state index in [1.165, 1.54) is 29.4 Å². The summed E-state index contributed by atoms with van der Waals surface area (Å²) in [5, 5.41) is 23.0. The van der Waals surface area contributed by atoms with Gasteiger partial charge in [0.25, 0.3) is 5.69 Å². The van der Waals surface area contributed by atoms with Crippen LogP contribution in [0.1, 0.15) is 25.8 Å². The van der Waals surface area contributed by atoms with Crippen LogP contribution in [-0.2, 0) is 0 Å². The van der Waals surface area contributed by atoms with Gasteiger partial charge in [0.15, 0.2) is 0 Å². The van der Waals surface area contributed by atoms with Crippen LogP contribution in [0.2, 0.25) is 0 Å². The molecule has 0 aliphatic carbocycles. The number of nitrogens with zero attached hydrogens (tertiary/aromatic N) is 4. The van der Waals surface area contributed by atoms with Crippen molar-refractivity contribution in [2.75, 3.05) is 5.73 Å². The SMILES string of the molecule is CCC.N#Cc1cnn2cc([N+](=O)[O-])cc2c1N. The van der Waals surface area contributed by atoms with Crippen molar-refractivity contribution < 1.29 is 4.92 Å². The fraction of sp³-hybridized carbons (Fsp3) is 0.273. The highest BCUT2D eigenvalue weighted by Crippen LogP contribution is 2.22. The van der Waals surface area contributed by atoms with Crippen LogP contribution >= 0.6 is 0 Å². The molecule has 0 fully saturated rings. The minimum Gasteiger partial charge on any atom is -0.396 e. The van der Waals surface area contributed by atoms with Crippen LogP contribution in [0.5, 0.6) is 0 Å². The molecule has 2 heterocycles. The molecular formula is C11H13N5O2. The van der Waals surface area contributed by atoms with E-state index in [1.54, 1.807) is 0 Å². The molecule has 0 aliphatic heterocycles. The van der Waals surface area contributed by atoms with E-state index in [9.17, 15) is 10.1 Å². The second-order valence-corrected chi connectivity index (χ2v) is 3.58. The van der Waals surface area contributed by atoms with Gasteiger partial charge in [-0.1, -0.05) is 20.3 Å². The largest absolute Gasteiger partial charge is 0.396 e. The molecule has 0 unspecified atom stereocenters. The molecule has 0 saturated carbocycles. The second-order valence-electron chi connectivity index (χ2n) is 3.58. The van der Waals surface area contributed by atoms with E-state index in [0.29, 0.717) is 5.52 Å². The van der Waals surface area contributed by atoms with Gasteiger partial charge in [-0.2, -0.15) is 10.4 Å². The van der Waals surface area contributed by atoms with Crippen molar-refractivity contribution in [2.24, 2.45) is 0 Å². The molecule has 0 bridgehead atoms. The zero-order valence-corrected chi connectivity index (χ0v) is 10.1. The summed E-state index contributed by atoms with van der Waals surface area (Å²) in [6, 6.07) is 3.14. The Labute approximate surface area is 104 Å². The Morgan fingerprint density at radius 3 is 2.72 bits per heavy atom. The first kappa shape index (κ1) is 13.4. The highest BCUT2D eigenvalue weighted by atomic mass is 16.6. The van der Waals surface area contributed by atoms with Crippen molar-refractivity contribution in [3.05, 3.63) is 34.1 Å². The smallest absolute Gasteiger partial charge is 0.289 e. The number of aromatic nitrogens is 2. The fourth-order valence-electron chi connectivity index (χ4n) is 1.25. The number of nitro groups is 1. The third-order valence-corrected chi connectivity index (χ3v) is 1.99. The van der Waals surface area contributed by atoms with Gasteiger partial charge in [-0.3, -0.25) is 10.1 Å². The summed E-state index contributed by atoms with van der Waals surface area (Å²) in [6.07, 6.45) is 3.76. The van der Waals surface area contributed by atoms with Crippen LogP contribution in [-0.4, -0.2) is 14.5 Å². The van der Waals surface area contributed by atoms with Crippen molar-refractivity contribution in [2.45, 2.75) is 20.3 Å². The molecule has 18 heavy (non-hydrogen) atoms. The van der Waals surface area contributed by atoms with Gasteiger partial charge in [-0.15, -0.1) is 0 Å². The number of fused-ring (bicyclic) bond motifs is 1. The van der Waals surface area contributed by atoms with Gasteiger partial charge < -0.3 is 5.73 Å². The van der Waals surface area contributed by atoms with Gasteiger partial charge in [0, 0.05) is 6.07 Å². The third-order valence-electron chi connectivity index (χ3n) is 1.99. The third kappa shape index (κ3) is 2.55. The molecule has 94 valence electrons. The van der Waals surface area contributed by atoms with Gasteiger partial charge >= 0.3 is 0 Å². The van der Waals surface area contributed by atoms with Crippen molar-refractivity contribution in [1.29, 1.82) is 5.26 Å². The topological polar surface area (TPSA) is 110 Å². The molecule has 0 amide bonds. The lowest BCUT2D eigenvalue weighted by atomic mass is 10.2. The fourth-order valence-corrected chi connectivity index (χ4v) is 1.25. The lowest BCUT2D eigenvalue weighted by Crippen LogP contribution is -1.98. The molecule has 2 aromatic rings. The van der Waals surface area contributed by atoms with Crippen LogP contribution in [0.15, 0.2) is 18.5 Å². The summed E-state index contributed by atoms with van der Waals surface area (Å²) in [5.74, 6) is 0. The standard InChI is InChI=1S/C8H5N5O2.C3H8/c9-2-5-3-11-12-4-6(13(14)15)1-7(12)8(5)10;1-3-2/h1,3-4H,10H2;3H2,1-2H3. The zero-order valence-electron chi connectivity index (χ0n) is 10.1. The maximum Gasteiger partial charge on any atom is 0.289 e. The lowest BCUT2D eigenvalue weighted by molar-refractivity contribution is -0.384. The number of hydrogen-bond acceptors (Lipinski definition) is 5. The molecule has 0 atom stereocenters. The summed E-state index contributed by atoms with van der Waals surface area (Å²) in [4.78, 5) is 9.95. The van der Waals surface area contributed by atoms with E-state index in [1.807, 2.05) is 6.07 Å². The van der Waals surface area contributed by atoms with E-state index in [4.69, 9.17) is 11.0 Å². The maximum atomic E-state index is 10.5. The Kier molecular flexibility index (Phi) is 4.21. The molecule has 2 rings (SSSR count). The number of hydrogen-bond donors (Lipinski definition) is 1. The lowest BCUT2D eigenvalue weighted by Gasteiger charge is -1.98. The molecule has 0 aliphatic rings. The Bertz CT molecular complexity index is 612. The van der Waals surface area contributed by atoms with Crippen LogP contribution in [0.25, 0.3) is 5.52 Å². The molecule has 2 aromatic heterocycles. The first-order valence-corrected chi connectivity index (χ1v) is 5.36. The van der Waals surface area contributed by atoms with Gasteiger partial charge in [0.2, 0.25) is 0 Å². The number of rotatable bonds is 1. The predicted octanol–water partition coefficient (Wildman–Crippen LogP) is 2.11. The van der Waals surface area contributed by atoms with Crippen LogP contribution in [0.4, 0.5) is 11.4 Å². The van der Waals surface area contributed by atoms with Gasteiger partial charge in [0.05, 0.1) is 27.9 Å². The Hall–Kier alpha value is -2.62. The Balaban J connectivity index is 0.000000492. The van der Waals surface area contributed by atoms with Gasteiger partial charge in [0.1, 0.15) is 12.3 Å². The highest BCUT2D eigenvalue weighted by molar-refractivity contribution is 5.77. The number of anilines is 1. The molecular weight excluding hydrogens is 234 g/mol. The average molecular weight is 247 g/mol. The summed E-state index contributed by atoms with van der Waals surface area (Å²) in [7, 11) is 0. The van der Waals surface area contributed by atoms with Gasteiger partial charge in [-0.05, 0) is 0 Å². The first-order valence-electron chi connectivity index (χ1n) is 5.36. The predicted molar refractivity (Wildman–Crippen MR) is 66.9 cm³/mol. The summed E-state index contributed by atoms with van der Waals surface area (Å²) >= 11 is 0. The summed E-state index contributed by atoms with van der Waals surface area (Å²) < 4.78 is 1.27. The first-order chi connectivity index (χ1) is 8.54. The van der Waals surface area contributed by atoms with E-state index in [2.05, 4.69) is 18.9 Å². The van der Waals surface area contributed by atoms with Crippen molar-refractivity contribution in [3.63, 3.8) is 0 Å². The summed E-state index contributed by atoms with van der Waals surface area (Å²) in [6.45, 7) is 4.25. The zero-order chi connectivity index (χ0) is 13.7. The monoisotopic (exact) mass is 247 g/mol. The highest BCUT2D eigenvalue weighted by Gasteiger charge is 2.13. The molecule has 7 heteroatoms. The molecule has 0 spiro atoms. The van der Waals surface area contributed by atoms with Crippen LogP contribution in [0, 0.1) is 21.4 Å². The minimum atomic E-state index is -0.542. The van der Waals surface area contributed by atoms with Gasteiger partial charge in [-0.25, -0.2) is 4.52 Å². The van der Waals surface area contributed by atoms with E-state index < -0.39 is 4.92 Å². The molecule has 7 nitrogen and oxygen atoms in total. The number of nitrogen functional groups attached to an aromatic ring is 1. The Morgan fingerprint density at radius 2 is 2.22 bits per heavy atom. The van der Waals surface area contributed by atoms with Crippen LogP contribution < -0.4 is 5.73 Å². The molecule has 0 aromatic carbocycles. The van der Waals surface area contributed by atoms with E-state index >= 15 is 0 Å². The number of nitrogens with two attached hydrogens (primary N) is 1. The molecule has 0 radical (unpaired) electrons. The van der Waals surface area contributed by atoms with Crippen LogP contribution in [0.3, 0.4) is 0 Å². The molecule has 2 N–H and O–H groups in total. The van der Waals surface area contributed by atoms with Crippen molar-refractivity contribution >= 4 is 16.9 Å². The molecule has 0 saturated heterocycles. The number of nitriles is 1. The second kappa shape index (κ2) is 5.63. The van der Waals surface area contributed by atoms with Crippen molar-refractivity contribution in [1.82, 2.24) is 9.61 Å². The average Bonchev–Trinajstić information content (AvgIpc) is 2.75.